The fraction of sp³-hybridized carbons (Fsp3) is 0.0909. The third-order valence-electron chi connectivity index (χ3n) is 2.35. The van der Waals surface area contributed by atoms with Gasteiger partial charge in [-0.05, 0) is 12.1 Å². The van der Waals surface area contributed by atoms with E-state index in [1.165, 1.54) is 11.3 Å². The first-order valence-electron chi connectivity index (χ1n) is 4.35. The van der Waals surface area contributed by atoms with Gasteiger partial charge in [-0.2, -0.15) is 0 Å². The summed E-state index contributed by atoms with van der Waals surface area (Å²) in [7, 11) is 0. The van der Waals surface area contributed by atoms with E-state index >= 15 is 0 Å². The van der Waals surface area contributed by atoms with Gasteiger partial charge in [-0.25, -0.2) is 0 Å². The molecule has 0 atom stereocenters. The lowest BCUT2D eigenvalue weighted by atomic mass is 10.1. The Hall–Kier alpha value is -1.70. The molecule has 0 radical (unpaired) electrons. The molecule has 0 amide bonds. The largest absolute Gasteiger partial charge is 0.455 e. The summed E-state index contributed by atoms with van der Waals surface area (Å²) < 4.78 is 5.69. The van der Waals surface area contributed by atoms with E-state index in [0.717, 1.165) is 17.9 Å². The number of ether oxygens (including phenoxy) is 1. The summed E-state index contributed by atoms with van der Waals surface area (Å²) in [4.78, 5) is 3.17. The van der Waals surface area contributed by atoms with Gasteiger partial charge in [0.1, 0.15) is 11.5 Å². The van der Waals surface area contributed by atoms with Gasteiger partial charge in [-0.15, -0.1) is 0 Å². The van der Waals surface area contributed by atoms with Crippen molar-refractivity contribution < 1.29 is 4.74 Å². The maximum atomic E-state index is 5.69. The molecule has 2 heteroatoms. The molecule has 0 fully saturated rings. The van der Waals surface area contributed by atoms with Crippen LogP contribution in [0.15, 0.2) is 36.5 Å². The predicted molar refractivity (Wildman–Crippen MR) is 50.1 cm³/mol. The minimum absolute atomic E-state index is 0.943. The molecule has 0 bridgehead atoms. The highest BCUT2D eigenvalue weighted by Gasteiger charge is 2.16. The minimum atomic E-state index is 0.943. The molecule has 0 saturated carbocycles. The van der Waals surface area contributed by atoms with Crippen molar-refractivity contribution in [3.05, 3.63) is 47.8 Å². The number of para-hydroxylation sites is 1. The predicted octanol–water partition coefficient (Wildman–Crippen LogP) is 2.71. The number of rotatable bonds is 0. The Balaban J connectivity index is 2.14. The number of aromatic amines is 1. The summed E-state index contributed by atoms with van der Waals surface area (Å²) in [5.41, 5.74) is 2.41. The summed E-state index contributed by atoms with van der Waals surface area (Å²) in [6.07, 6.45) is 2.86. The molecule has 0 aliphatic carbocycles. The van der Waals surface area contributed by atoms with Crippen LogP contribution in [-0.2, 0) is 6.42 Å². The Morgan fingerprint density at radius 2 is 2.00 bits per heavy atom. The Bertz CT molecular complexity index is 405. The van der Waals surface area contributed by atoms with Crippen molar-refractivity contribution in [1.82, 2.24) is 4.98 Å². The number of nitrogens with one attached hydrogen (secondary N) is 1. The zero-order valence-corrected chi connectivity index (χ0v) is 7.08. The van der Waals surface area contributed by atoms with Gasteiger partial charge in [0.15, 0.2) is 0 Å². The van der Waals surface area contributed by atoms with E-state index in [-0.39, 0.29) is 0 Å². The second-order valence-electron chi connectivity index (χ2n) is 3.21. The summed E-state index contributed by atoms with van der Waals surface area (Å²) in [6.45, 7) is 0. The average Bonchev–Trinajstić information content (AvgIpc) is 2.61. The standard InChI is InChI=1S/C11H9NO/c1-2-4-10-8(3-1)7-9-11(13-10)5-6-12-9/h1-6,12H,7H2. The Kier molecular flexibility index (Phi) is 1.25. The molecule has 1 aliphatic rings. The molecule has 13 heavy (non-hydrogen) atoms. The van der Waals surface area contributed by atoms with Gasteiger partial charge in [0, 0.05) is 18.2 Å². The lowest BCUT2D eigenvalue weighted by Crippen LogP contribution is -2.00. The minimum Gasteiger partial charge on any atom is -0.455 e. The summed E-state index contributed by atoms with van der Waals surface area (Å²) >= 11 is 0. The third-order valence-corrected chi connectivity index (χ3v) is 2.35. The Labute approximate surface area is 76.2 Å². The van der Waals surface area contributed by atoms with Crippen LogP contribution in [-0.4, -0.2) is 4.98 Å². The van der Waals surface area contributed by atoms with E-state index in [2.05, 4.69) is 11.1 Å². The van der Waals surface area contributed by atoms with Gasteiger partial charge in [0.2, 0.25) is 0 Å². The molecule has 64 valence electrons. The highest BCUT2D eigenvalue weighted by molar-refractivity contribution is 5.47. The zero-order chi connectivity index (χ0) is 8.67. The fourth-order valence-corrected chi connectivity index (χ4v) is 1.68. The van der Waals surface area contributed by atoms with Crippen LogP contribution in [0.25, 0.3) is 0 Å². The van der Waals surface area contributed by atoms with Crippen molar-refractivity contribution in [1.29, 1.82) is 0 Å². The van der Waals surface area contributed by atoms with E-state index in [9.17, 15) is 0 Å². The number of hydrogen-bond donors (Lipinski definition) is 1. The van der Waals surface area contributed by atoms with Crippen molar-refractivity contribution in [3.63, 3.8) is 0 Å². The smallest absolute Gasteiger partial charge is 0.148 e. The van der Waals surface area contributed by atoms with Crippen LogP contribution in [0.4, 0.5) is 0 Å². The molecule has 0 unspecified atom stereocenters. The quantitative estimate of drug-likeness (QED) is 0.552. The Morgan fingerprint density at radius 1 is 1.08 bits per heavy atom. The third kappa shape index (κ3) is 0.952. The van der Waals surface area contributed by atoms with Crippen LogP contribution < -0.4 is 4.74 Å². The van der Waals surface area contributed by atoms with E-state index in [1.807, 2.05) is 30.5 Å². The number of hydrogen-bond acceptors (Lipinski definition) is 1. The second-order valence-corrected chi connectivity index (χ2v) is 3.21. The van der Waals surface area contributed by atoms with Crippen LogP contribution in [0.2, 0.25) is 0 Å². The molecule has 1 N–H and O–H groups in total. The normalized spacial score (nSPS) is 12.9. The fourth-order valence-electron chi connectivity index (χ4n) is 1.68. The van der Waals surface area contributed by atoms with Gasteiger partial charge in [0.25, 0.3) is 0 Å². The summed E-state index contributed by atoms with van der Waals surface area (Å²) in [5, 5.41) is 0. The maximum Gasteiger partial charge on any atom is 0.148 e. The highest BCUT2D eigenvalue weighted by atomic mass is 16.5. The van der Waals surface area contributed by atoms with Gasteiger partial charge in [-0.1, -0.05) is 18.2 Å². The van der Waals surface area contributed by atoms with Crippen LogP contribution >= 0.6 is 0 Å². The lowest BCUT2D eigenvalue weighted by molar-refractivity contribution is 0.460. The average molecular weight is 171 g/mol. The molecule has 3 rings (SSSR count). The number of aromatic nitrogens is 1. The van der Waals surface area contributed by atoms with Crippen LogP contribution in [0, 0.1) is 0 Å². The van der Waals surface area contributed by atoms with E-state index < -0.39 is 0 Å². The number of fused-ring (bicyclic) bond motifs is 2. The first-order valence-corrected chi connectivity index (χ1v) is 4.35. The topological polar surface area (TPSA) is 25.0 Å². The second kappa shape index (κ2) is 2.39. The summed E-state index contributed by atoms with van der Waals surface area (Å²) in [5.74, 6) is 1.94. The van der Waals surface area contributed by atoms with E-state index in [0.29, 0.717) is 0 Å². The molecule has 2 heterocycles. The lowest BCUT2D eigenvalue weighted by Gasteiger charge is -2.16. The molecule has 0 spiro atoms. The molecular formula is C11H9NO. The van der Waals surface area contributed by atoms with Crippen molar-refractivity contribution >= 4 is 0 Å². The van der Waals surface area contributed by atoms with Crippen LogP contribution in [0.5, 0.6) is 11.5 Å². The van der Waals surface area contributed by atoms with Crippen molar-refractivity contribution in [2.45, 2.75) is 6.42 Å². The molecule has 2 nitrogen and oxygen atoms in total. The Morgan fingerprint density at radius 3 is 3.00 bits per heavy atom. The first kappa shape index (κ1) is 6.78. The zero-order valence-electron chi connectivity index (χ0n) is 7.08. The molecule has 1 aromatic heterocycles. The van der Waals surface area contributed by atoms with Crippen molar-refractivity contribution in [3.8, 4) is 11.5 Å². The van der Waals surface area contributed by atoms with Crippen LogP contribution in [0.1, 0.15) is 11.3 Å². The van der Waals surface area contributed by atoms with Crippen LogP contribution in [0.3, 0.4) is 0 Å². The van der Waals surface area contributed by atoms with E-state index in [4.69, 9.17) is 4.74 Å². The van der Waals surface area contributed by atoms with Crippen molar-refractivity contribution in [2.24, 2.45) is 0 Å². The molecule has 1 aliphatic heterocycles. The van der Waals surface area contributed by atoms with Gasteiger partial charge >= 0.3 is 0 Å². The van der Waals surface area contributed by atoms with E-state index in [1.54, 1.807) is 0 Å². The monoisotopic (exact) mass is 171 g/mol. The van der Waals surface area contributed by atoms with Gasteiger partial charge < -0.3 is 9.72 Å². The molecule has 1 aromatic carbocycles. The maximum absolute atomic E-state index is 5.69. The summed E-state index contributed by atoms with van der Waals surface area (Å²) in [6, 6.07) is 10.1. The molecule has 2 aromatic rings. The number of H-pyrrole nitrogens is 1. The molecule has 0 saturated heterocycles. The van der Waals surface area contributed by atoms with Crippen molar-refractivity contribution in [2.75, 3.05) is 0 Å². The highest BCUT2D eigenvalue weighted by Crippen LogP contribution is 2.35. The molecular weight excluding hydrogens is 162 g/mol. The van der Waals surface area contributed by atoms with Gasteiger partial charge in [0.05, 0.1) is 5.69 Å². The SMILES string of the molecule is c1ccc2c(c1)Cc1[nH]ccc1O2. The van der Waals surface area contributed by atoms with Gasteiger partial charge in [-0.3, -0.25) is 0 Å². The first-order chi connectivity index (χ1) is 6.43. The number of benzene rings is 1.